The van der Waals surface area contributed by atoms with Crippen LogP contribution in [0.1, 0.15) is 26.2 Å². The van der Waals surface area contributed by atoms with Crippen molar-refractivity contribution in [3.63, 3.8) is 0 Å². The van der Waals surface area contributed by atoms with Gasteiger partial charge in [0.2, 0.25) is 0 Å². The van der Waals surface area contributed by atoms with Crippen LogP contribution in [0.25, 0.3) is 0 Å². The second kappa shape index (κ2) is 9.21. The molecular formula is C12H18O6. The highest BCUT2D eigenvalue weighted by Crippen LogP contribution is 2.05. The lowest BCUT2D eigenvalue weighted by Gasteiger charge is -2.09. The number of hydrogen-bond donors (Lipinski definition) is 1. The van der Waals surface area contributed by atoms with Gasteiger partial charge in [0, 0.05) is 6.08 Å². The van der Waals surface area contributed by atoms with Crippen LogP contribution in [-0.2, 0) is 23.9 Å². The zero-order valence-corrected chi connectivity index (χ0v) is 10.4. The minimum absolute atomic E-state index is 0.189. The smallest absolute Gasteiger partial charge is 0.330 e. The zero-order chi connectivity index (χ0) is 14.0. The monoisotopic (exact) mass is 258 g/mol. The summed E-state index contributed by atoms with van der Waals surface area (Å²) in [6.45, 7) is 5.18. The van der Waals surface area contributed by atoms with Gasteiger partial charge < -0.3 is 14.6 Å². The van der Waals surface area contributed by atoms with E-state index in [2.05, 4.69) is 6.58 Å². The Labute approximate surface area is 106 Å². The first-order chi connectivity index (χ1) is 8.47. The van der Waals surface area contributed by atoms with Crippen molar-refractivity contribution in [1.29, 1.82) is 0 Å². The third kappa shape index (κ3) is 8.32. The van der Waals surface area contributed by atoms with Gasteiger partial charge in [-0.25, -0.2) is 4.79 Å². The molecule has 0 aromatic heterocycles. The Balaban J connectivity index is 3.54. The number of carbonyl (C=O) groups excluding carboxylic acids is 2. The molecule has 0 spiro atoms. The fraction of sp³-hybridized carbons (Fsp3) is 0.583. The number of hydrogen-bond acceptors (Lipinski definition) is 5. The van der Waals surface area contributed by atoms with Crippen LogP contribution in [-0.4, -0.2) is 36.2 Å². The second-order valence-electron chi connectivity index (χ2n) is 3.75. The number of esters is 2. The second-order valence-corrected chi connectivity index (χ2v) is 3.75. The molecule has 6 nitrogen and oxygen atoms in total. The first-order valence-corrected chi connectivity index (χ1v) is 5.65. The molecule has 0 bridgehead atoms. The van der Waals surface area contributed by atoms with Crippen LogP contribution in [0.15, 0.2) is 12.7 Å². The van der Waals surface area contributed by atoms with E-state index in [0.717, 1.165) is 6.08 Å². The summed E-state index contributed by atoms with van der Waals surface area (Å²) in [7, 11) is 0. The van der Waals surface area contributed by atoms with Crippen molar-refractivity contribution >= 4 is 17.9 Å². The summed E-state index contributed by atoms with van der Waals surface area (Å²) >= 11 is 0. The molecule has 102 valence electrons. The van der Waals surface area contributed by atoms with Crippen LogP contribution >= 0.6 is 0 Å². The van der Waals surface area contributed by atoms with Gasteiger partial charge in [-0.15, -0.1) is 0 Å². The minimum Gasteiger partial charge on any atom is -0.481 e. The van der Waals surface area contributed by atoms with Crippen LogP contribution in [0, 0.1) is 5.92 Å². The zero-order valence-electron chi connectivity index (χ0n) is 10.4. The number of ether oxygens (including phenoxy) is 2. The first kappa shape index (κ1) is 16.1. The third-order valence-electron chi connectivity index (χ3n) is 2.08. The van der Waals surface area contributed by atoms with Crippen molar-refractivity contribution in [2.45, 2.75) is 26.2 Å². The van der Waals surface area contributed by atoms with Gasteiger partial charge in [-0.2, -0.15) is 0 Å². The molecule has 0 aliphatic rings. The van der Waals surface area contributed by atoms with E-state index < -0.39 is 23.8 Å². The van der Waals surface area contributed by atoms with Crippen LogP contribution in [0.5, 0.6) is 0 Å². The molecule has 0 aliphatic heterocycles. The maximum Gasteiger partial charge on any atom is 0.330 e. The maximum atomic E-state index is 11.3. The van der Waals surface area contributed by atoms with Crippen molar-refractivity contribution in [2.24, 2.45) is 5.92 Å². The molecule has 0 radical (unpaired) electrons. The molecule has 0 amide bonds. The number of carboxylic acid groups (broad SMARTS) is 1. The Morgan fingerprint density at radius 3 is 2.28 bits per heavy atom. The van der Waals surface area contributed by atoms with Gasteiger partial charge in [-0.1, -0.05) is 13.5 Å². The largest absolute Gasteiger partial charge is 0.481 e. The van der Waals surface area contributed by atoms with E-state index in [9.17, 15) is 14.4 Å². The van der Waals surface area contributed by atoms with Gasteiger partial charge in [-0.3, -0.25) is 9.59 Å². The molecular weight excluding hydrogens is 240 g/mol. The fourth-order valence-electron chi connectivity index (χ4n) is 1.10. The van der Waals surface area contributed by atoms with Crippen molar-refractivity contribution in [1.82, 2.24) is 0 Å². The SMILES string of the molecule is C=CC(=O)OCCCCOC(=O)C(C)CC(=O)O. The standard InChI is InChI=1S/C12H18O6/c1-3-11(15)17-6-4-5-7-18-12(16)9(2)8-10(13)14/h3,9H,1,4-8H2,2H3,(H,13,14). The first-order valence-electron chi connectivity index (χ1n) is 5.65. The number of carboxylic acids is 1. The predicted octanol–water partition coefficient (Wildman–Crippen LogP) is 1.15. The van der Waals surface area contributed by atoms with Gasteiger partial charge in [-0.05, 0) is 12.8 Å². The van der Waals surface area contributed by atoms with E-state index in [1.807, 2.05) is 0 Å². The molecule has 0 heterocycles. The van der Waals surface area contributed by atoms with E-state index >= 15 is 0 Å². The quantitative estimate of drug-likeness (QED) is 0.379. The van der Waals surface area contributed by atoms with Crippen LogP contribution in [0.2, 0.25) is 0 Å². The molecule has 1 unspecified atom stereocenters. The number of rotatable bonds is 9. The number of aliphatic carboxylic acids is 1. The normalized spacial score (nSPS) is 11.4. The van der Waals surface area contributed by atoms with Gasteiger partial charge >= 0.3 is 17.9 Å². The lowest BCUT2D eigenvalue weighted by molar-refractivity contribution is -0.152. The highest BCUT2D eigenvalue weighted by atomic mass is 16.5. The summed E-state index contributed by atoms with van der Waals surface area (Å²) in [6.07, 6.45) is 1.96. The number of unbranched alkanes of at least 4 members (excludes halogenated alkanes) is 1. The number of carbonyl (C=O) groups is 3. The highest BCUT2D eigenvalue weighted by molar-refractivity contribution is 5.81. The van der Waals surface area contributed by atoms with Crippen molar-refractivity contribution in [3.05, 3.63) is 12.7 Å². The Kier molecular flexibility index (Phi) is 8.26. The minimum atomic E-state index is -1.03. The average Bonchev–Trinajstić information content (AvgIpc) is 2.31. The molecule has 1 N–H and O–H groups in total. The van der Waals surface area contributed by atoms with Gasteiger partial charge in [0.15, 0.2) is 0 Å². The summed E-state index contributed by atoms with van der Waals surface area (Å²) in [5.41, 5.74) is 0. The molecule has 0 saturated heterocycles. The Morgan fingerprint density at radius 1 is 1.22 bits per heavy atom. The molecule has 0 rings (SSSR count). The van der Waals surface area contributed by atoms with Crippen LogP contribution < -0.4 is 0 Å². The van der Waals surface area contributed by atoms with E-state index in [-0.39, 0.29) is 19.6 Å². The van der Waals surface area contributed by atoms with Gasteiger partial charge in [0.1, 0.15) is 0 Å². The van der Waals surface area contributed by atoms with Crippen molar-refractivity contribution in [3.8, 4) is 0 Å². The topological polar surface area (TPSA) is 89.9 Å². The maximum absolute atomic E-state index is 11.3. The summed E-state index contributed by atoms with van der Waals surface area (Å²) in [5.74, 6) is -2.69. The molecule has 0 aromatic carbocycles. The summed E-state index contributed by atoms with van der Waals surface area (Å²) in [6, 6.07) is 0. The van der Waals surface area contributed by atoms with Gasteiger partial charge in [0.05, 0.1) is 25.6 Å². The lowest BCUT2D eigenvalue weighted by Crippen LogP contribution is -2.18. The summed E-state index contributed by atoms with van der Waals surface area (Å²) in [5, 5.41) is 8.49. The molecule has 0 fully saturated rings. The van der Waals surface area contributed by atoms with Crippen LogP contribution in [0.3, 0.4) is 0 Å². The van der Waals surface area contributed by atoms with E-state index in [4.69, 9.17) is 14.6 Å². The predicted molar refractivity (Wildman–Crippen MR) is 62.8 cm³/mol. The molecule has 0 saturated carbocycles. The van der Waals surface area contributed by atoms with E-state index in [1.54, 1.807) is 0 Å². The Bertz CT molecular complexity index is 310. The Hall–Kier alpha value is -1.85. The Morgan fingerprint density at radius 2 is 1.78 bits per heavy atom. The molecule has 0 aromatic rings. The fourth-order valence-corrected chi connectivity index (χ4v) is 1.10. The lowest BCUT2D eigenvalue weighted by atomic mass is 10.1. The molecule has 1 atom stereocenters. The van der Waals surface area contributed by atoms with Gasteiger partial charge in [0.25, 0.3) is 0 Å². The third-order valence-corrected chi connectivity index (χ3v) is 2.08. The van der Waals surface area contributed by atoms with E-state index in [1.165, 1.54) is 6.92 Å². The average molecular weight is 258 g/mol. The molecule has 0 aliphatic carbocycles. The van der Waals surface area contributed by atoms with E-state index in [0.29, 0.717) is 12.8 Å². The molecule has 18 heavy (non-hydrogen) atoms. The summed E-state index contributed by atoms with van der Waals surface area (Å²) in [4.78, 5) is 32.3. The highest BCUT2D eigenvalue weighted by Gasteiger charge is 2.17. The van der Waals surface area contributed by atoms with Crippen molar-refractivity contribution < 1.29 is 29.0 Å². The molecule has 6 heteroatoms. The van der Waals surface area contributed by atoms with Crippen molar-refractivity contribution in [2.75, 3.05) is 13.2 Å². The summed E-state index contributed by atoms with van der Waals surface area (Å²) < 4.78 is 9.60. The van der Waals surface area contributed by atoms with Crippen LogP contribution in [0.4, 0.5) is 0 Å².